The molecule has 4 heteroatoms. The molecule has 4 nitrogen and oxygen atoms in total. The Labute approximate surface area is 166 Å². The van der Waals surface area contributed by atoms with Crippen LogP contribution in [-0.2, 0) is 29.0 Å². The third-order valence-electron chi connectivity index (χ3n) is 5.84. The minimum Gasteiger partial charge on any atom is -0.383 e. The van der Waals surface area contributed by atoms with E-state index in [-0.39, 0.29) is 11.8 Å². The summed E-state index contributed by atoms with van der Waals surface area (Å²) in [7, 11) is 1.74. The van der Waals surface area contributed by atoms with Crippen molar-refractivity contribution in [3.8, 4) is 0 Å². The lowest BCUT2D eigenvalue weighted by Crippen LogP contribution is -2.35. The Morgan fingerprint density at radius 3 is 2.68 bits per heavy atom. The Bertz CT molecular complexity index is 961. The molecule has 1 aliphatic heterocycles. The number of aromatic nitrogens is 1. The molecule has 3 aromatic rings. The minimum atomic E-state index is -0.0699. The molecule has 0 unspecified atom stereocenters. The molecule has 146 valence electrons. The maximum absolute atomic E-state index is 13.4. The maximum atomic E-state index is 13.4. The van der Waals surface area contributed by atoms with Crippen LogP contribution >= 0.6 is 0 Å². The van der Waals surface area contributed by atoms with E-state index in [1.807, 2.05) is 18.2 Å². The molecule has 4 rings (SSSR count). The molecule has 0 bridgehead atoms. The van der Waals surface area contributed by atoms with Crippen molar-refractivity contribution >= 4 is 16.8 Å². The summed E-state index contributed by atoms with van der Waals surface area (Å²) in [5.74, 6) is 0.169. The van der Waals surface area contributed by atoms with Crippen LogP contribution in [0.3, 0.4) is 0 Å². The van der Waals surface area contributed by atoms with Crippen LogP contribution in [0.2, 0.25) is 0 Å². The van der Waals surface area contributed by atoms with Gasteiger partial charge in [0.05, 0.1) is 12.5 Å². The van der Waals surface area contributed by atoms with Crippen LogP contribution in [0.25, 0.3) is 10.9 Å². The van der Waals surface area contributed by atoms with Gasteiger partial charge in [0.2, 0.25) is 5.91 Å². The number of rotatable bonds is 6. The molecule has 0 saturated heterocycles. The Balaban J connectivity index is 1.63. The lowest BCUT2D eigenvalue weighted by Gasteiger charge is -2.26. The van der Waals surface area contributed by atoms with Crippen LogP contribution < -0.4 is 0 Å². The molecule has 1 amide bonds. The highest BCUT2D eigenvalue weighted by Crippen LogP contribution is 2.31. The van der Waals surface area contributed by atoms with Crippen LogP contribution in [0.1, 0.15) is 36.0 Å². The van der Waals surface area contributed by atoms with E-state index in [4.69, 9.17) is 4.74 Å². The fourth-order valence-electron chi connectivity index (χ4n) is 4.40. The second-order valence-electron chi connectivity index (χ2n) is 7.53. The summed E-state index contributed by atoms with van der Waals surface area (Å²) in [4.78, 5) is 15.4. The zero-order valence-electron chi connectivity index (χ0n) is 16.7. The predicted octanol–water partition coefficient (Wildman–Crippen LogP) is 4.37. The summed E-state index contributed by atoms with van der Waals surface area (Å²) >= 11 is 0. The smallest absolute Gasteiger partial charge is 0.230 e. The lowest BCUT2D eigenvalue weighted by molar-refractivity contribution is -0.133. The molecular formula is C24H28N2O2. The third kappa shape index (κ3) is 3.45. The Morgan fingerprint density at radius 1 is 1.11 bits per heavy atom. The quantitative estimate of drug-likeness (QED) is 0.640. The fourth-order valence-corrected chi connectivity index (χ4v) is 4.40. The molecule has 28 heavy (non-hydrogen) atoms. The van der Waals surface area contributed by atoms with Gasteiger partial charge in [0.15, 0.2) is 0 Å². The predicted molar refractivity (Wildman–Crippen MR) is 112 cm³/mol. The van der Waals surface area contributed by atoms with Gasteiger partial charge >= 0.3 is 0 Å². The Kier molecular flexibility index (Phi) is 5.49. The van der Waals surface area contributed by atoms with Gasteiger partial charge in [0, 0.05) is 43.8 Å². The average molecular weight is 377 g/mol. The van der Waals surface area contributed by atoms with Crippen LogP contribution in [0.15, 0.2) is 54.7 Å². The Morgan fingerprint density at radius 2 is 1.93 bits per heavy atom. The summed E-state index contributed by atoms with van der Waals surface area (Å²) in [6.45, 7) is 5.10. The second-order valence-corrected chi connectivity index (χ2v) is 7.53. The first-order valence-corrected chi connectivity index (χ1v) is 10.1. The van der Waals surface area contributed by atoms with Crippen molar-refractivity contribution in [3.05, 3.63) is 71.4 Å². The topological polar surface area (TPSA) is 34.5 Å². The summed E-state index contributed by atoms with van der Waals surface area (Å²) < 4.78 is 7.55. The summed E-state index contributed by atoms with van der Waals surface area (Å²) in [5.41, 5.74) is 4.94. The SMILES string of the molecule is CC[C@H](C(=O)N1CCc2cn(CCOC)c3cccc(c23)C1)c1ccccc1. The van der Waals surface area contributed by atoms with Crippen molar-refractivity contribution in [1.29, 1.82) is 0 Å². The Hall–Kier alpha value is -2.59. The van der Waals surface area contributed by atoms with Crippen LogP contribution in [0.4, 0.5) is 0 Å². The normalized spacial score (nSPS) is 14.9. The summed E-state index contributed by atoms with van der Waals surface area (Å²) in [6.07, 6.45) is 3.96. The van der Waals surface area contributed by atoms with E-state index in [0.29, 0.717) is 13.2 Å². The van der Waals surface area contributed by atoms with E-state index in [2.05, 4.69) is 52.9 Å². The molecule has 0 aliphatic carbocycles. The molecule has 1 aromatic heterocycles. The van der Waals surface area contributed by atoms with Crippen molar-refractivity contribution < 1.29 is 9.53 Å². The van der Waals surface area contributed by atoms with E-state index in [0.717, 1.165) is 31.5 Å². The fraction of sp³-hybridized carbons (Fsp3) is 0.375. The van der Waals surface area contributed by atoms with Gasteiger partial charge in [-0.25, -0.2) is 0 Å². The van der Waals surface area contributed by atoms with E-state index in [9.17, 15) is 4.79 Å². The molecule has 2 heterocycles. The van der Waals surface area contributed by atoms with Crippen LogP contribution in [0.5, 0.6) is 0 Å². The van der Waals surface area contributed by atoms with Crippen molar-refractivity contribution in [1.82, 2.24) is 9.47 Å². The van der Waals surface area contributed by atoms with Crippen molar-refractivity contribution in [3.63, 3.8) is 0 Å². The maximum Gasteiger partial charge on any atom is 0.230 e. The van der Waals surface area contributed by atoms with Gasteiger partial charge in [-0.05, 0) is 35.6 Å². The number of nitrogens with zero attached hydrogens (tertiary/aromatic N) is 2. The highest BCUT2D eigenvalue weighted by atomic mass is 16.5. The van der Waals surface area contributed by atoms with E-state index >= 15 is 0 Å². The zero-order valence-corrected chi connectivity index (χ0v) is 16.7. The largest absolute Gasteiger partial charge is 0.383 e. The molecular weight excluding hydrogens is 348 g/mol. The summed E-state index contributed by atoms with van der Waals surface area (Å²) in [5, 5.41) is 1.32. The number of benzene rings is 2. The number of methoxy groups -OCH3 is 1. The van der Waals surface area contributed by atoms with Crippen molar-refractivity contribution in [2.45, 2.75) is 38.8 Å². The standard InChI is InChI=1S/C24H28N2O2/c1-3-21(18-8-5-4-6-9-18)24(27)26-13-12-20-16-25(14-15-28-2)22-11-7-10-19(17-26)23(20)22/h4-11,16,21H,3,12-15,17H2,1-2H3/t21-/m0/s1. The molecule has 0 N–H and O–H groups in total. The van der Waals surface area contributed by atoms with Gasteiger partial charge in [-0.15, -0.1) is 0 Å². The molecule has 0 fully saturated rings. The number of amides is 1. The molecule has 1 aliphatic rings. The van der Waals surface area contributed by atoms with Gasteiger partial charge in [-0.2, -0.15) is 0 Å². The highest BCUT2D eigenvalue weighted by Gasteiger charge is 2.27. The highest BCUT2D eigenvalue weighted by molar-refractivity contribution is 5.89. The first kappa shape index (κ1) is 18.8. The van der Waals surface area contributed by atoms with Gasteiger partial charge in [0.1, 0.15) is 0 Å². The van der Waals surface area contributed by atoms with E-state index in [1.165, 1.54) is 22.0 Å². The third-order valence-corrected chi connectivity index (χ3v) is 5.84. The monoisotopic (exact) mass is 376 g/mol. The van der Waals surface area contributed by atoms with Crippen molar-refractivity contribution in [2.75, 3.05) is 20.3 Å². The van der Waals surface area contributed by atoms with Crippen LogP contribution in [0, 0.1) is 0 Å². The van der Waals surface area contributed by atoms with E-state index < -0.39 is 0 Å². The minimum absolute atomic E-state index is 0.0699. The van der Waals surface area contributed by atoms with Gasteiger partial charge in [-0.3, -0.25) is 4.79 Å². The number of hydrogen-bond acceptors (Lipinski definition) is 2. The second kappa shape index (κ2) is 8.19. The summed E-state index contributed by atoms with van der Waals surface area (Å²) in [6, 6.07) is 16.6. The average Bonchev–Trinajstić information content (AvgIpc) is 2.97. The van der Waals surface area contributed by atoms with Gasteiger partial charge < -0.3 is 14.2 Å². The van der Waals surface area contributed by atoms with Gasteiger partial charge in [0.25, 0.3) is 0 Å². The first-order chi connectivity index (χ1) is 13.7. The first-order valence-electron chi connectivity index (χ1n) is 10.1. The van der Waals surface area contributed by atoms with E-state index in [1.54, 1.807) is 7.11 Å². The zero-order chi connectivity index (χ0) is 19.5. The molecule has 0 radical (unpaired) electrons. The van der Waals surface area contributed by atoms with Crippen molar-refractivity contribution in [2.24, 2.45) is 0 Å². The van der Waals surface area contributed by atoms with Crippen LogP contribution in [-0.4, -0.2) is 35.6 Å². The molecule has 0 spiro atoms. The molecule has 2 aromatic carbocycles. The lowest BCUT2D eigenvalue weighted by atomic mass is 9.95. The van der Waals surface area contributed by atoms with Gasteiger partial charge in [-0.1, -0.05) is 49.4 Å². The number of ether oxygens (including phenoxy) is 1. The number of hydrogen-bond donors (Lipinski definition) is 0. The molecule has 0 saturated carbocycles. The number of carbonyl (C=O) groups excluding carboxylic acids is 1. The molecule has 1 atom stereocenters. The number of carbonyl (C=O) groups is 1.